The van der Waals surface area contributed by atoms with Gasteiger partial charge in [0.05, 0.1) is 11.0 Å². The number of nitrogens with one attached hydrogen (secondary N) is 1. The molecule has 0 fully saturated rings. The molecule has 0 aliphatic carbocycles. The number of thiophene rings is 1. The maximum Gasteiger partial charge on any atom is 0.0561 e. The number of hydrogen-bond donors (Lipinski definition) is 1. The van der Waals surface area contributed by atoms with E-state index in [2.05, 4.69) is 198 Å². The SMILES string of the molecule is c1ccc(-c2ccc(-c3ccc(Nc4ccc5c6ccccc6n(-c6ccc(-c7cccc8c7sc7ccccc78)cc6)c5c4)cc3)cc2)cc1. The van der Waals surface area contributed by atoms with E-state index in [1.54, 1.807) is 0 Å². The number of rotatable bonds is 6. The first-order valence-corrected chi connectivity index (χ1v) is 18.2. The largest absolute Gasteiger partial charge is 0.355 e. The Balaban J connectivity index is 0.970. The van der Waals surface area contributed by atoms with E-state index in [0.717, 1.165) is 17.1 Å². The van der Waals surface area contributed by atoms with Gasteiger partial charge in [0.15, 0.2) is 0 Å². The second kappa shape index (κ2) is 12.2. The van der Waals surface area contributed by atoms with Gasteiger partial charge in [-0.3, -0.25) is 0 Å². The third-order valence-electron chi connectivity index (χ3n) is 10.0. The van der Waals surface area contributed by atoms with Crippen LogP contribution in [0.15, 0.2) is 188 Å². The van der Waals surface area contributed by atoms with Gasteiger partial charge in [-0.2, -0.15) is 0 Å². The van der Waals surface area contributed by atoms with E-state index in [1.165, 1.54) is 75.4 Å². The standard InChI is InChI=1S/C48H32N2S/c1-2-9-32(10-3-1)33-17-19-34(20-18-33)35-21-25-37(26-22-35)49-38-27-30-42-41-11-4-6-15-45(41)50(46(42)31-38)39-28-23-36(24-29-39)40-13-8-14-44-43-12-5-7-16-47(43)51-48(40)44/h1-31,49H. The van der Waals surface area contributed by atoms with Crippen molar-refractivity contribution in [2.45, 2.75) is 0 Å². The predicted octanol–water partition coefficient (Wildman–Crippen LogP) is 13.9. The molecule has 0 saturated carbocycles. The van der Waals surface area contributed by atoms with Crippen LogP contribution in [0.5, 0.6) is 0 Å². The van der Waals surface area contributed by atoms with Crippen molar-refractivity contribution in [3.63, 3.8) is 0 Å². The van der Waals surface area contributed by atoms with Crippen molar-refractivity contribution in [2.24, 2.45) is 0 Å². The highest BCUT2D eigenvalue weighted by Gasteiger charge is 2.15. The number of nitrogens with zero attached hydrogens (tertiary/aromatic N) is 1. The molecule has 0 aliphatic heterocycles. The molecule has 240 valence electrons. The lowest BCUT2D eigenvalue weighted by Gasteiger charge is -2.12. The fourth-order valence-corrected chi connectivity index (χ4v) is 8.73. The van der Waals surface area contributed by atoms with Crippen LogP contribution in [0, 0.1) is 0 Å². The molecule has 0 spiro atoms. The maximum atomic E-state index is 3.67. The van der Waals surface area contributed by atoms with Gasteiger partial charge in [0.1, 0.15) is 0 Å². The highest BCUT2D eigenvalue weighted by molar-refractivity contribution is 7.26. The Labute approximate surface area is 300 Å². The quantitative estimate of drug-likeness (QED) is 0.187. The van der Waals surface area contributed by atoms with Crippen LogP contribution in [0.4, 0.5) is 11.4 Å². The van der Waals surface area contributed by atoms with Gasteiger partial charge in [0.2, 0.25) is 0 Å². The lowest BCUT2D eigenvalue weighted by Crippen LogP contribution is -1.95. The zero-order valence-corrected chi connectivity index (χ0v) is 28.6. The lowest BCUT2D eigenvalue weighted by molar-refractivity contribution is 1.18. The molecule has 0 radical (unpaired) electrons. The Bertz CT molecular complexity index is 2840. The summed E-state index contributed by atoms with van der Waals surface area (Å²) >= 11 is 1.88. The summed E-state index contributed by atoms with van der Waals surface area (Å²) in [5.74, 6) is 0. The molecule has 1 N–H and O–H groups in total. The van der Waals surface area contributed by atoms with Gasteiger partial charge < -0.3 is 9.88 Å². The molecule has 0 saturated heterocycles. The molecule has 10 aromatic rings. The number of aromatic nitrogens is 1. The summed E-state index contributed by atoms with van der Waals surface area (Å²) in [5.41, 5.74) is 13.0. The molecular weight excluding hydrogens is 637 g/mol. The summed E-state index contributed by atoms with van der Waals surface area (Å²) in [5, 5.41) is 8.82. The van der Waals surface area contributed by atoms with E-state index >= 15 is 0 Å². The smallest absolute Gasteiger partial charge is 0.0561 e. The van der Waals surface area contributed by atoms with Crippen LogP contribution < -0.4 is 5.32 Å². The van der Waals surface area contributed by atoms with Gasteiger partial charge in [0.25, 0.3) is 0 Å². The van der Waals surface area contributed by atoms with Crippen LogP contribution in [0.1, 0.15) is 0 Å². The van der Waals surface area contributed by atoms with Gasteiger partial charge in [-0.1, -0.05) is 140 Å². The number of anilines is 2. The molecule has 0 aliphatic rings. The minimum atomic E-state index is 1.06. The number of fused-ring (bicyclic) bond motifs is 6. The zero-order valence-electron chi connectivity index (χ0n) is 27.8. The van der Waals surface area contributed by atoms with Crippen LogP contribution in [0.2, 0.25) is 0 Å². The van der Waals surface area contributed by atoms with E-state index in [1.807, 2.05) is 11.3 Å². The Morgan fingerprint density at radius 3 is 1.71 bits per heavy atom. The molecular formula is C48H32N2S. The first-order chi connectivity index (χ1) is 25.3. The van der Waals surface area contributed by atoms with Crippen LogP contribution in [0.25, 0.3) is 81.0 Å². The van der Waals surface area contributed by atoms with Gasteiger partial charge in [-0.25, -0.2) is 0 Å². The van der Waals surface area contributed by atoms with Crippen molar-refractivity contribution in [1.29, 1.82) is 0 Å². The molecule has 3 heteroatoms. The van der Waals surface area contributed by atoms with E-state index in [0.29, 0.717) is 0 Å². The summed E-state index contributed by atoms with van der Waals surface area (Å²) < 4.78 is 5.06. The Hall–Kier alpha value is -6.42. The second-order valence-electron chi connectivity index (χ2n) is 13.1. The average molecular weight is 669 g/mol. The van der Waals surface area contributed by atoms with Gasteiger partial charge in [-0.15, -0.1) is 11.3 Å². The van der Waals surface area contributed by atoms with Crippen LogP contribution >= 0.6 is 11.3 Å². The zero-order chi connectivity index (χ0) is 33.7. The normalized spacial score (nSPS) is 11.5. The topological polar surface area (TPSA) is 17.0 Å². The fraction of sp³-hybridized carbons (Fsp3) is 0. The molecule has 2 nitrogen and oxygen atoms in total. The Morgan fingerprint density at radius 1 is 0.373 bits per heavy atom. The first kappa shape index (κ1) is 29.5. The fourth-order valence-electron chi connectivity index (χ4n) is 7.49. The Morgan fingerprint density at radius 2 is 0.941 bits per heavy atom. The van der Waals surface area contributed by atoms with Crippen LogP contribution in [-0.2, 0) is 0 Å². The van der Waals surface area contributed by atoms with E-state index in [9.17, 15) is 0 Å². The molecule has 51 heavy (non-hydrogen) atoms. The molecule has 0 atom stereocenters. The van der Waals surface area contributed by atoms with E-state index in [4.69, 9.17) is 0 Å². The van der Waals surface area contributed by atoms with Crippen molar-refractivity contribution in [2.75, 3.05) is 5.32 Å². The Kier molecular flexibility index (Phi) is 7.04. The average Bonchev–Trinajstić information content (AvgIpc) is 3.74. The molecule has 0 amide bonds. The van der Waals surface area contributed by atoms with Crippen molar-refractivity contribution in [3.05, 3.63) is 188 Å². The predicted molar refractivity (Wildman–Crippen MR) is 220 cm³/mol. The summed E-state index contributed by atoms with van der Waals surface area (Å²) in [6.45, 7) is 0. The summed E-state index contributed by atoms with van der Waals surface area (Å²) in [4.78, 5) is 0. The van der Waals surface area contributed by atoms with Gasteiger partial charge >= 0.3 is 0 Å². The third kappa shape index (κ3) is 5.18. The minimum Gasteiger partial charge on any atom is -0.355 e. The summed E-state index contributed by atoms with van der Waals surface area (Å²) in [6, 6.07) is 67.9. The van der Waals surface area contributed by atoms with Crippen molar-refractivity contribution >= 4 is 64.7 Å². The molecule has 2 aromatic heterocycles. The lowest BCUT2D eigenvalue weighted by atomic mass is 10.0. The highest BCUT2D eigenvalue weighted by atomic mass is 32.1. The van der Waals surface area contributed by atoms with Crippen molar-refractivity contribution < 1.29 is 0 Å². The van der Waals surface area contributed by atoms with Crippen LogP contribution in [-0.4, -0.2) is 4.57 Å². The van der Waals surface area contributed by atoms with Gasteiger partial charge in [0, 0.05) is 48.0 Å². The molecule has 2 heterocycles. The minimum absolute atomic E-state index is 1.06. The number of hydrogen-bond acceptors (Lipinski definition) is 2. The van der Waals surface area contributed by atoms with Gasteiger partial charge in [-0.05, 0) is 81.9 Å². The van der Waals surface area contributed by atoms with Crippen LogP contribution in [0.3, 0.4) is 0 Å². The van der Waals surface area contributed by atoms with Crippen molar-refractivity contribution in [3.8, 4) is 39.1 Å². The monoisotopic (exact) mass is 668 g/mol. The molecule has 10 rings (SSSR count). The third-order valence-corrected chi connectivity index (χ3v) is 11.2. The second-order valence-corrected chi connectivity index (χ2v) is 14.1. The molecule has 0 bridgehead atoms. The number of para-hydroxylation sites is 1. The summed E-state index contributed by atoms with van der Waals surface area (Å²) in [6.07, 6.45) is 0. The molecule has 0 unspecified atom stereocenters. The summed E-state index contributed by atoms with van der Waals surface area (Å²) in [7, 11) is 0. The first-order valence-electron chi connectivity index (χ1n) is 17.3. The maximum absolute atomic E-state index is 3.67. The van der Waals surface area contributed by atoms with E-state index < -0.39 is 0 Å². The van der Waals surface area contributed by atoms with E-state index in [-0.39, 0.29) is 0 Å². The highest BCUT2D eigenvalue weighted by Crippen LogP contribution is 2.41. The number of benzene rings is 8. The molecule has 8 aromatic carbocycles. The van der Waals surface area contributed by atoms with Crippen molar-refractivity contribution in [1.82, 2.24) is 4.57 Å².